The zero-order valence-electron chi connectivity index (χ0n) is 12.5. The summed E-state index contributed by atoms with van der Waals surface area (Å²) in [6.45, 7) is 10.00. The highest BCUT2D eigenvalue weighted by atomic mass is 14.9. The fourth-order valence-corrected chi connectivity index (χ4v) is 2.62. The van der Waals surface area contributed by atoms with Gasteiger partial charge in [-0.15, -0.1) is 0 Å². The highest BCUT2D eigenvalue weighted by Crippen LogP contribution is 2.29. The van der Waals surface area contributed by atoms with E-state index in [2.05, 4.69) is 57.3 Å². The van der Waals surface area contributed by atoms with Crippen molar-refractivity contribution in [2.24, 2.45) is 5.92 Å². The molecular weight excluding hydrogens is 218 g/mol. The lowest BCUT2D eigenvalue weighted by Gasteiger charge is -2.27. The van der Waals surface area contributed by atoms with Crippen LogP contribution < -0.4 is 5.32 Å². The first-order valence-electron chi connectivity index (χ1n) is 7.52. The molecule has 0 saturated carbocycles. The van der Waals surface area contributed by atoms with Gasteiger partial charge in [-0.05, 0) is 31.4 Å². The van der Waals surface area contributed by atoms with E-state index < -0.39 is 0 Å². The van der Waals surface area contributed by atoms with E-state index in [0.717, 1.165) is 12.5 Å². The summed E-state index contributed by atoms with van der Waals surface area (Å²) in [5.41, 5.74) is 2.79. The summed E-state index contributed by atoms with van der Waals surface area (Å²) in [6, 6.07) is 9.56. The van der Waals surface area contributed by atoms with Crippen LogP contribution >= 0.6 is 0 Å². The average Bonchev–Trinajstić information content (AvgIpc) is 2.39. The first-order valence-corrected chi connectivity index (χ1v) is 7.52. The van der Waals surface area contributed by atoms with Gasteiger partial charge in [-0.2, -0.15) is 0 Å². The number of rotatable bonds is 8. The van der Waals surface area contributed by atoms with Crippen LogP contribution in [0.4, 0.5) is 0 Å². The van der Waals surface area contributed by atoms with Gasteiger partial charge in [0.05, 0.1) is 0 Å². The van der Waals surface area contributed by atoms with Gasteiger partial charge in [0.2, 0.25) is 0 Å². The van der Waals surface area contributed by atoms with Crippen LogP contribution in [-0.2, 0) is 0 Å². The number of nitrogens with one attached hydrogen (secondary N) is 1. The second kappa shape index (κ2) is 8.31. The molecule has 0 radical (unpaired) electrons. The van der Waals surface area contributed by atoms with Crippen molar-refractivity contribution in [1.82, 2.24) is 5.32 Å². The second-order valence-electron chi connectivity index (χ2n) is 5.26. The molecule has 0 aliphatic rings. The number of hydrogen-bond donors (Lipinski definition) is 1. The Morgan fingerprint density at radius 2 is 1.72 bits per heavy atom. The maximum Gasteiger partial charge on any atom is 0.0348 e. The van der Waals surface area contributed by atoms with Crippen molar-refractivity contribution in [3.8, 4) is 0 Å². The van der Waals surface area contributed by atoms with Gasteiger partial charge in [0, 0.05) is 6.04 Å². The molecule has 0 bridgehead atoms. The van der Waals surface area contributed by atoms with Gasteiger partial charge in [0.15, 0.2) is 0 Å². The summed E-state index contributed by atoms with van der Waals surface area (Å²) < 4.78 is 0. The minimum Gasteiger partial charge on any atom is -0.310 e. The van der Waals surface area contributed by atoms with Crippen molar-refractivity contribution < 1.29 is 0 Å². The van der Waals surface area contributed by atoms with Crippen molar-refractivity contribution in [2.75, 3.05) is 6.54 Å². The van der Waals surface area contributed by atoms with Crippen LogP contribution in [-0.4, -0.2) is 6.54 Å². The number of hydrogen-bond acceptors (Lipinski definition) is 1. The van der Waals surface area contributed by atoms with Gasteiger partial charge in [-0.25, -0.2) is 0 Å². The lowest BCUT2D eigenvalue weighted by molar-refractivity contribution is 0.328. The molecule has 0 aliphatic carbocycles. The fraction of sp³-hybridized carbons (Fsp3) is 0.647. The molecule has 1 N–H and O–H groups in total. The number of benzene rings is 1. The minimum atomic E-state index is 0.521. The van der Waals surface area contributed by atoms with Crippen molar-refractivity contribution in [2.45, 2.75) is 59.4 Å². The molecule has 1 heteroatoms. The van der Waals surface area contributed by atoms with E-state index in [0.29, 0.717) is 6.04 Å². The van der Waals surface area contributed by atoms with E-state index in [1.807, 2.05) is 0 Å². The molecule has 1 aromatic carbocycles. The molecule has 0 aromatic heterocycles. The smallest absolute Gasteiger partial charge is 0.0348 e. The molecule has 1 rings (SSSR count). The van der Waals surface area contributed by atoms with Gasteiger partial charge >= 0.3 is 0 Å². The van der Waals surface area contributed by atoms with E-state index in [9.17, 15) is 0 Å². The van der Waals surface area contributed by atoms with Crippen molar-refractivity contribution in [1.29, 1.82) is 0 Å². The van der Waals surface area contributed by atoms with Crippen LogP contribution in [0.25, 0.3) is 0 Å². The third kappa shape index (κ3) is 4.45. The van der Waals surface area contributed by atoms with Gasteiger partial charge in [-0.1, -0.05) is 69.9 Å². The summed E-state index contributed by atoms with van der Waals surface area (Å²) in [4.78, 5) is 0. The summed E-state index contributed by atoms with van der Waals surface area (Å²) in [7, 11) is 0. The summed E-state index contributed by atoms with van der Waals surface area (Å²) in [6.07, 6.45) is 5.22. The quantitative estimate of drug-likeness (QED) is 0.691. The Morgan fingerprint density at radius 3 is 2.22 bits per heavy atom. The van der Waals surface area contributed by atoms with Crippen LogP contribution in [0.5, 0.6) is 0 Å². The Labute approximate surface area is 113 Å². The summed E-state index contributed by atoms with van der Waals surface area (Å²) >= 11 is 0. The van der Waals surface area contributed by atoms with Crippen LogP contribution in [0.2, 0.25) is 0 Å². The standard InChI is InChI=1S/C17H29N/c1-5-8-9-15(6-2)17(18-7-3)16-12-10-14(4)11-13-16/h10-13,15,17-18H,5-9H2,1-4H3. The molecule has 0 spiro atoms. The van der Waals surface area contributed by atoms with Crippen LogP contribution in [0.3, 0.4) is 0 Å². The van der Waals surface area contributed by atoms with Crippen molar-refractivity contribution in [3.63, 3.8) is 0 Å². The molecule has 2 atom stereocenters. The number of aryl methyl sites for hydroxylation is 1. The molecule has 1 nitrogen and oxygen atoms in total. The molecule has 1 aromatic rings. The van der Waals surface area contributed by atoms with Crippen LogP contribution in [0.1, 0.15) is 63.6 Å². The second-order valence-corrected chi connectivity index (χ2v) is 5.26. The Bertz CT molecular complexity index is 315. The molecule has 0 heterocycles. The van der Waals surface area contributed by atoms with E-state index >= 15 is 0 Å². The highest BCUT2D eigenvalue weighted by Gasteiger charge is 2.20. The predicted molar refractivity (Wildman–Crippen MR) is 80.9 cm³/mol. The summed E-state index contributed by atoms with van der Waals surface area (Å²) in [5, 5.41) is 3.68. The minimum absolute atomic E-state index is 0.521. The van der Waals surface area contributed by atoms with Gasteiger partial charge in [0.25, 0.3) is 0 Å². The Kier molecular flexibility index (Phi) is 7.04. The van der Waals surface area contributed by atoms with E-state index in [-0.39, 0.29) is 0 Å². The largest absolute Gasteiger partial charge is 0.310 e. The van der Waals surface area contributed by atoms with Crippen LogP contribution in [0, 0.1) is 12.8 Å². The van der Waals surface area contributed by atoms with E-state index in [1.165, 1.54) is 36.8 Å². The molecule has 102 valence electrons. The van der Waals surface area contributed by atoms with Crippen molar-refractivity contribution >= 4 is 0 Å². The van der Waals surface area contributed by atoms with E-state index in [4.69, 9.17) is 0 Å². The van der Waals surface area contributed by atoms with Crippen LogP contribution in [0.15, 0.2) is 24.3 Å². The molecule has 0 amide bonds. The highest BCUT2D eigenvalue weighted by molar-refractivity contribution is 5.24. The third-order valence-corrected chi connectivity index (χ3v) is 3.78. The lowest BCUT2D eigenvalue weighted by Crippen LogP contribution is -2.28. The zero-order valence-corrected chi connectivity index (χ0v) is 12.5. The average molecular weight is 247 g/mol. The zero-order chi connectivity index (χ0) is 13.4. The maximum atomic E-state index is 3.68. The fourth-order valence-electron chi connectivity index (χ4n) is 2.62. The molecule has 18 heavy (non-hydrogen) atoms. The molecule has 2 unspecified atom stereocenters. The predicted octanol–water partition coefficient (Wildman–Crippen LogP) is 4.86. The number of unbranched alkanes of at least 4 members (excludes halogenated alkanes) is 1. The molecule has 0 fully saturated rings. The monoisotopic (exact) mass is 247 g/mol. The van der Waals surface area contributed by atoms with Gasteiger partial charge < -0.3 is 5.32 Å². The Morgan fingerprint density at radius 1 is 1.06 bits per heavy atom. The van der Waals surface area contributed by atoms with Crippen molar-refractivity contribution in [3.05, 3.63) is 35.4 Å². The van der Waals surface area contributed by atoms with Gasteiger partial charge in [-0.3, -0.25) is 0 Å². The first-order chi connectivity index (χ1) is 8.72. The summed E-state index contributed by atoms with van der Waals surface area (Å²) in [5.74, 6) is 0.757. The third-order valence-electron chi connectivity index (χ3n) is 3.78. The Hall–Kier alpha value is -0.820. The topological polar surface area (TPSA) is 12.0 Å². The SMILES string of the molecule is CCCCC(CC)C(NCC)c1ccc(C)cc1. The Balaban J connectivity index is 2.81. The molecular formula is C17H29N. The molecule has 0 aliphatic heterocycles. The van der Waals surface area contributed by atoms with E-state index in [1.54, 1.807) is 0 Å². The maximum absolute atomic E-state index is 3.68. The normalized spacial score (nSPS) is 14.4. The molecule has 0 saturated heterocycles. The lowest BCUT2D eigenvalue weighted by atomic mass is 9.86. The van der Waals surface area contributed by atoms with Gasteiger partial charge in [0.1, 0.15) is 0 Å². The first kappa shape index (κ1) is 15.2.